The van der Waals surface area contributed by atoms with E-state index in [9.17, 15) is 14.9 Å². The standard InChI is InChI=1S/C17H18ClN3O4/c1-11-9-14(16(25-2)10-12(11)18)20-17(22)7-8-19-13-5-3-4-6-15(13)21(23)24/h3-6,9-10,19H,7-8H2,1-2H3,(H,20,22). The fraction of sp³-hybridized carbons (Fsp3) is 0.235. The summed E-state index contributed by atoms with van der Waals surface area (Å²) in [5.74, 6) is 0.224. The number of nitro groups is 1. The minimum Gasteiger partial charge on any atom is -0.495 e. The van der Waals surface area contributed by atoms with Crippen LogP contribution in [-0.4, -0.2) is 24.5 Å². The third kappa shape index (κ3) is 4.84. The molecule has 0 atom stereocenters. The van der Waals surface area contributed by atoms with Gasteiger partial charge in [0.15, 0.2) is 0 Å². The van der Waals surface area contributed by atoms with Crippen molar-refractivity contribution in [2.45, 2.75) is 13.3 Å². The summed E-state index contributed by atoms with van der Waals surface area (Å²) in [7, 11) is 1.49. The predicted octanol–water partition coefficient (Wildman–Crippen LogP) is 4.01. The Bertz CT molecular complexity index is 795. The van der Waals surface area contributed by atoms with Gasteiger partial charge in [0.2, 0.25) is 5.91 Å². The maximum absolute atomic E-state index is 12.1. The molecule has 0 saturated heterocycles. The molecule has 2 N–H and O–H groups in total. The number of anilines is 2. The summed E-state index contributed by atoms with van der Waals surface area (Å²) in [6, 6.07) is 9.65. The van der Waals surface area contributed by atoms with Crippen molar-refractivity contribution in [3.63, 3.8) is 0 Å². The van der Waals surface area contributed by atoms with E-state index in [1.54, 1.807) is 30.3 Å². The van der Waals surface area contributed by atoms with E-state index in [2.05, 4.69) is 10.6 Å². The minimum absolute atomic E-state index is 0.0297. The Morgan fingerprint density at radius 1 is 1.28 bits per heavy atom. The molecule has 0 fully saturated rings. The summed E-state index contributed by atoms with van der Waals surface area (Å²) in [5.41, 5.74) is 1.69. The molecule has 0 heterocycles. The Morgan fingerprint density at radius 3 is 2.68 bits per heavy atom. The monoisotopic (exact) mass is 363 g/mol. The van der Waals surface area contributed by atoms with Crippen molar-refractivity contribution in [1.29, 1.82) is 0 Å². The van der Waals surface area contributed by atoms with Crippen LogP contribution in [0.25, 0.3) is 0 Å². The van der Waals surface area contributed by atoms with Crippen LogP contribution >= 0.6 is 11.6 Å². The van der Waals surface area contributed by atoms with Crippen LogP contribution in [0, 0.1) is 17.0 Å². The van der Waals surface area contributed by atoms with Crippen molar-refractivity contribution in [3.05, 3.63) is 57.1 Å². The SMILES string of the molecule is COc1cc(Cl)c(C)cc1NC(=O)CCNc1ccccc1[N+](=O)[O-]. The Labute approximate surface area is 150 Å². The fourth-order valence-corrected chi connectivity index (χ4v) is 2.39. The molecule has 0 aliphatic heterocycles. The summed E-state index contributed by atoms with van der Waals surface area (Å²) in [5, 5.41) is 17.2. The Balaban J connectivity index is 1.96. The van der Waals surface area contributed by atoms with Crippen molar-refractivity contribution in [1.82, 2.24) is 0 Å². The predicted molar refractivity (Wildman–Crippen MR) is 97.6 cm³/mol. The Kier molecular flexibility index (Phi) is 6.19. The lowest BCUT2D eigenvalue weighted by Crippen LogP contribution is -2.17. The van der Waals surface area contributed by atoms with Gasteiger partial charge in [0.1, 0.15) is 11.4 Å². The second kappa shape index (κ2) is 8.34. The summed E-state index contributed by atoms with van der Waals surface area (Å²) in [4.78, 5) is 22.6. The molecule has 0 aliphatic carbocycles. The summed E-state index contributed by atoms with van der Waals surface area (Å²) >= 11 is 6.04. The van der Waals surface area contributed by atoms with Crippen LogP contribution in [0.5, 0.6) is 5.75 Å². The molecule has 132 valence electrons. The lowest BCUT2D eigenvalue weighted by molar-refractivity contribution is -0.384. The van der Waals surface area contributed by atoms with Gasteiger partial charge >= 0.3 is 0 Å². The van der Waals surface area contributed by atoms with Crippen LogP contribution in [0.4, 0.5) is 17.1 Å². The molecule has 2 aromatic rings. The van der Waals surface area contributed by atoms with E-state index in [4.69, 9.17) is 16.3 Å². The van der Waals surface area contributed by atoms with E-state index in [-0.39, 0.29) is 24.6 Å². The van der Waals surface area contributed by atoms with E-state index in [0.29, 0.717) is 22.1 Å². The number of nitrogens with one attached hydrogen (secondary N) is 2. The first kappa shape index (κ1) is 18.5. The summed E-state index contributed by atoms with van der Waals surface area (Å²) in [6.07, 6.45) is 0.136. The number of halogens is 1. The van der Waals surface area contributed by atoms with Crippen LogP contribution in [0.15, 0.2) is 36.4 Å². The highest BCUT2D eigenvalue weighted by Gasteiger charge is 2.13. The quantitative estimate of drug-likeness (QED) is 0.572. The van der Waals surface area contributed by atoms with Crippen molar-refractivity contribution in [3.8, 4) is 5.75 Å². The summed E-state index contributed by atoms with van der Waals surface area (Å²) in [6.45, 7) is 2.08. The molecule has 2 aromatic carbocycles. The smallest absolute Gasteiger partial charge is 0.292 e. The molecule has 25 heavy (non-hydrogen) atoms. The first-order valence-electron chi connectivity index (χ1n) is 7.53. The van der Waals surface area contributed by atoms with Gasteiger partial charge in [-0.2, -0.15) is 0 Å². The normalized spacial score (nSPS) is 10.2. The van der Waals surface area contributed by atoms with Gasteiger partial charge < -0.3 is 15.4 Å². The number of aryl methyl sites for hydroxylation is 1. The number of carbonyl (C=O) groups excluding carboxylic acids is 1. The molecule has 0 aliphatic rings. The molecular weight excluding hydrogens is 346 g/mol. The molecule has 0 radical (unpaired) electrons. The second-order valence-corrected chi connectivity index (χ2v) is 5.71. The van der Waals surface area contributed by atoms with Crippen molar-refractivity contribution < 1.29 is 14.5 Å². The molecule has 0 unspecified atom stereocenters. The van der Waals surface area contributed by atoms with Crippen molar-refractivity contribution >= 4 is 34.6 Å². The fourth-order valence-electron chi connectivity index (χ4n) is 2.24. The van der Waals surface area contributed by atoms with Crippen molar-refractivity contribution in [2.24, 2.45) is 0 Å². The van der Waals surface area contributed by atoms with Gasteiger partial charge in [-0.25, -0.2) is 0 Å². The first-order chi connectivity index (χ1) is 11.9. The summed E-state index contributed by atoms with van der Waals surface area (Å²) < 4.78 is 5.21. The zero-order valence-corrected chi connectivity index (χ0v) is 14.6. The number of nitro benzene ring substituents is 1. The number of hydrogen-bond acceptors (Lipinski definition) is 5. The molecule has 0 saturated carbocycles. The number of rotatable bonds is 7. The van der Waals surface area contributed by atoms with Gasteiger partial charge in [0.25, 0.3) is 5.69 Å². The van der Waals surface area contributed by atoms with Gasteiger partial charge in [0, 0.05) is 30.1 Å². The van der Waals surface area contributed by atoms with Crippen LogP contribution in [0.3, 0.4) is 0 Å². The minimum atomic E-state index is -0.468. The Morgan fingerprint density at radius 2 is 2.00 bits per heavy atom. The number of ether oxygens (including phenoxy) is 1. The second-order valence-electron chi connectivity index (χ2n) is 5.30. The molecule has 0 aromatic heterocycles. The average Bonchev–Trinajstić information content (AvgIpc) is 2.58. The van der Waals surface area contributed by atoms with Gasteiger partial charge in [-0.15, -0.1) is 0 Å². The van der Waals surface area contributed by atoms with Crippen LogP contribution in [-0.2, 0) is 4.79 Å². The number of benzene rings is 2. The number of amides is 1. The van der Waals surface area contributed by atoms with Gasteiger partial charge in [0.05, 0.1) is 17.7 Å². The van der Waals surface area contributed by atoms with Crippen molar-refractivity contribution in [2.75, 3.05) is 24.3 Å². The van der Waals surface area contributed by atoms with Crippen LogP contribution in [0.2, 0.25) is 5.02 Å². The molecule has 1 amide bonds. The third-order valence-electron chi connectivity index (χ3n) is 3.52. The van der Waals surface area contributed by atoms with Crippen LogP contribution in [0.1, 0.15) is 12.0 Å². The van der Waals surface area contributed by atoms with E-state index >= 15 is 0 Å². The third-order valence-corrected chi connectivity index (χ3v) is 3.93. The first-order valence-corrected chi connectivity index (χ1v) is 7.91. The van der Waals surface area contributed by atoms with Gasteiger partial charge in [-0.05, 0) is 24.6 Å². The molecule has 8 heteroatoms. The largest absolute Gasteiger partial charge is 0.495 e. The topological polar surface area (TPSA) is 93.5 Å². The highest BCUT2D eigenvalue weighted by atomic mass is 35.5. The van der Waals surface area contributed by atoms with E-state index in [1.807, 2.05) is 6.92 Å². The molecule has 0 spiro atoms. The molecular formula is C17H18ClN3O4. The molecule has 2 rings (SSSR count). The zero-order chi connectivity index (χ0) is 18.4. The van der Waals surface area contributed by atoms with Gasteiger partial charge in [-0.3, -0.25) is 14.9 Å². The van der Waals surface area contributed by atoms with E-state index in [1.165, 1.54) is 13.2 Å². The van der Waals surface area contributed by atoms with Gasteiger partial charge in [-0.1, -0.05) is 23.7 Å². The maximum atomic E-state index is 12.1. The molecule has 7 nitrogen and oxygen atoms in total. The lowest BCUT2D eigenvalue weighted by atomic mass is 10.2. The average molecular weight is 364 g/mol. The number of para-hydroxylation sites is 2. The number of nitrogens with zero attached hydrogens (tertiary/aromatic N) is 1. The van der Waals surface area contributed by atoms with Crippen LogP contribution < -0.4 is 15.4 Å². The van der Waals surface area contributed by atoms with E-state index < -0.39 is 4.92 Å². The molecule has 0 bridgehead atoms. The number of methoxy groups -OCH3 is 1. The highest BCUT2D eigenvalue weighted by molar-refractivity contribution is 6.31. The number of carbonyl (C=O) groups is 1. The lowest BCUT2D eigenvalue weighted by Gasteiger charge is -2.12. The maximum Gasteiger partial charge on any atom is 0.292 e. The Hall–Kier alpha value is -2.80. The number of hydrogen-bond donors (Lipinski definition) is 2. The zero-order valence-electron chi connectivity index (χ0n) is 13.8. The van der Waals surface area contributed by atoms with E-state index in [0.717, 1.165) is 5.56 Å². The highest BCUT2D eigenvalue weighted by Crippen LogP contribution is 2.31.